The fourth-order valence-corrected chi connectivity index (χ4v) is 3.94. The molecule has 38 heavy (non-hydrogen) atoms. The van der Waals surface area contributed by atoms with Crippen LogP contribution in [0, 0.1) is 0 Å². The van der Waals surface area contributed by atoms with Gasteiger partial charge in [0.05, 0.1) is 45.3 Å². The minimum absolute atomic E-state index is 0.0616. The largest absolute Gasteiger partial charge is 0.495 e. The lowest BCUT2D eigenvalue weighted by Gasteiger charge is -2.16. The van der Waals surface area contributed by atoms with Crippen LogP contribution in [-0.4, -0.2) is 51.3 Å². The molecule has 0 aliphatic heterocycles. The van der Waals surface area contributed by atoms with Crippen LogP contribution < -0.4 is 29.6 Å². The molecule has 3 rings (SSSR count). The third-order valence-electron chi connectivity index (χ3n) is 5.30. The Morgan fingerprint density at radius 1 is 0.842 bits per heavy atom. The summed E-state index contributed by atoms with van der Waals surface area (Å²) in [7, 11) is 5.75. The molecule has 0 radical (unpaired) electrons. The topological polar surface area (TPSA) is 132 Å². The predicted molar refractivity (Wildman–Crippen MR) is 144 cm³/mol. The van der Waals surface area contributed by atoms with Crippen molar-refractivity contribution < 1.29 is 38.4 Å². The summed E-state index contributed by atoms with van der Waals surface area (Å²) < 4.78 is 21.9. The number of benzene rings is 3. The summed E-state index contributed by atoms with van der Waals surface area (Å²) in [5, 5.41) is 14.6. The zero-order chi connectivity index (χ0) is 27.8. The molecule has 3 aromatic carbocycles. The highest BCUT2D eigenvalue weighted by Crippen LogP contribution is 2.38. The number of ether oxygens (including phenoxy) is 4. The summed E-state index contributed by atoms with van der Waals surface area (Å²) in [6.07, 6.45) is 1.42. The highest BCUT2D eigenvalue weighted by Gasteiger charge is 2.20. The van der Waals surface area contributed by atoms with E-state index in [-0.39, 0.29) is 22.7 Å². The van der Waals surface area contributed by atoms with Gasteiger partial charge in [-0.15, -0.1) is 0 Å². The first-order chi connectivity index (χ1) is 18.2. The maximum absolute atomic E-state index is 13.5. The number of hydrogen-bond donors (Lipinski definition) is 3. The van der Waals surface area contributed by atoms with Gasteiger partial charge in [0, 0.05) is 4.47 Å². The van der Waals surface area contributed by atoms with Gasteiger partial charge in [-0.1, -0.05) is 12.1 Å². The van der Waals surface area contributed by atoms with Crippen LogP contribution in [0.5, 0.6) is 23.0 Å². The van der Waals surface area contributed by atoms with Crippen molar-refractivity contribution in [1.29, 1.82) is 0 Å². The van der Waals surface area contributed by atoms with E-state index >= 15 is 0 Å². The number of carbonyl (C=O) groups excluding carboxylic acids is 2. The van der Waals surface area contributed by atoms with Crippen molar-refractivity contribution in [2.75, 3.05) is 33.8 Å². The molecule has 0 aliphatic rings. The van der Waals surface area contributed by atoms with Crippen LogP contribution in [-0.2, 0) is 4.79 Å². The Morgan fingerprint density at radius 2 is 1.47 bits per heavy atom. The fraction of sp³-hybridized carbons (Fsp3) is 0.148. The van der Waals surface area contributed by atoms with Crippen molar-refractivity contribution in [2.24, 2.45) is 0 Å². The molecule has 0 saturated heterocycles. The lowest BCUT2D eigenvalue weighted by Crippen LogP contribution is -2.31. The van der Waals surface area contributed by atoms with Gasteiger partial charge in [-0.3, -0.25) is 9.59 Å². The molecule has 0 aromatic heterocycles. The van der Waals surface area contributed by atoms with Gasteiger partial charge in [-0.05, 0) is 70.0 Å². The molecule has 0 fully saturated rings. The molecule has 3 aromatic rings. The first-order valence-corrected chi connectivity index (χ1v) is 11.8. The number of carboxylic acids is 1. The van der Waals surface area contributed by atoms with Crippen LogP contribution in [0.25, 0.3) is 6.08 Å². The molecule has 0 bridgehead atoms. The Hall–Kier alpha value is -4.51. The van der Waals surface area contributed by atoms with Crippen LogP contribution >= 0.6 is 15.9 Å². The number of anilines is 1. The Bertz CT molecular complexity index is 1380. The number of methoxy groups -OCH3 is 4. The van der Waals surface area contributed by atoms with E-state index in [9.17, 15) is 19.5 Å². The van der Waals surface area contributed by atoms with E-state index in [1.807, 2.05) is 0 Å². The predicted octanol–water partition coefficient (Wildman–Crippen LogP) is 4.59. The number of hydrogen-bond acceptors (Lipinski definition) is 7. The summed E-state index contributed by atoms with van der Waals surface area (Å²) >= 11 is 3.34. The number of amides is 2. The smallest absolute Gasteiger partial charge is 0.335 e. The van der Waals surface area contributed by atoms with Crippen molar-refractivity contribution in [3.05, 3.63) is 81.5 Å². The Kier molecular flexibility index (Phi) is 9.33. The second kappa shape index (κ2) is 12.6. The normalized spacial score (nSPS) is 10.8. The Balaban J connectivity index is 2.09. The van der Waals surface area contributed by atoms with E-state index in [1.165, 1.54) is 52.7 Å². The van der Waals surface area contributed by atoms with E-state index in [0.29, 0.717) is 32.8 Å². The second-order valence-electron chi connectivity index (χ2n) is 7.62. The summed E-state index contributed by atoms with van der Waals surface area (Å²) in [4.78, 5) is 38.0. The molecule has 0 aliphatic carbocycles. The first kappa shape index (κ1) is 28.1. The second-order valence-corrected chi connectivity index (χ2v) is 8.48. The van der Waals surface area contributed by atoms with Crippen LogP contribution in [0.2, 0.25) is 0 Å². The van der Waals surface area contributed by atoms with Crippen LogP contribution in [0.4, 0.5) is 5.69 Å². The minimum atomic E-state index is -1.18. The molecule has 0 atom stereocenters. The van der Waals surface area contributed by atoms with Gasteiger partial charge in [-0.25, -0.2) is 4.79 Å². The Labute approximate surface area is 227 Å². The zero-order valence-corrected chi connectivity index (χ0v) is 22.5. The molecule has 0 heterocycles. The summed E-state index contributed by atoms with van der Waals surface area (Å²) in [5.41, 5.74) is 0.629. The number of halogens is 1. The van der Waals surface area contributed by atoms with E-state index in [0.717, 1.165) is 0 Å². The van der Waals surface area contributed by atoms with Crippen molar-refractivity contribution in [3.8, 4) is 23.0 Å². The van der Waals surface area contributed by atoms with Gasteiger partial charge < -0.3 is 34.7 Å². The van der Waals surface area contributed by atoms with Crippen molar-refractivity contribution in [3.63, 3.8) is 0 Å². The average molecular weight is 585 g/mol. The number of carbonyl (C=O) groups is 3. The number of aromatic carboxylic acids is 1. The third kappa shape index (κ3) is 6.43. The molecule has 0 saturated carbocycles. The highest BCUT2D eigenvalue weighted by molar-refractivity contribution is 9.10. The fourth-order valence-electron chi connectivity index (χ4n) is 3.47. The van der Waals surface area contributed by atoms with E-state index in [4.69, 9.17) is 18.9 Å². The quantitative estimate of drug-likeness (QED) is 0.295. The molecule has 0 spiro atoms. The summed E-state index contributed by atoms with van der Waals surface area (Å²) in [6, 6.07) is 13.9. The van der Waals surface area contributed by atoms with Crippen molar-refractivity contribution >= 4 is 45.5 Å². The SMILES string of the molecule is COc1ccc(C(=O)O)cc1NC(=O)/C(=C/c1cc(OC)c(OC)c(OC)c1)NC(=O)c1ccccc1Br. The standard InChI is InChI=1S/C27H25BrN2O8/c1-35-21-10-9-16(27(33)34)14-19(21)29-26(32)20(30-25(31)17-7-5-6-8-18(17)28)11-15-12-22(36-2)24(38-4)23(13-15)37-3/h5-14H,1-4H3,(H,29,32)(H,30,31)(H,33,34)/b20-11-. The molecule has 198 valence electrons. The summed E-state index contributed by atoms with van der Waals surface area (Å²) in [5.74, 6) is -1.22. The lowest BCUT2D eigenvalue weighted by molar-refractivity contribution is -0.113. The molecular weight excluding hydrogens is 560 g/mol. The molecule has 3 N–H and O–H groups in total. The molecule has 11 heteroatoms. The molecule has 2 amide bonds. The monoisotopic (exact) mass is 584 g/mol. The van der Waals surface area contributed by atoms with Gasteiger partial charge in [-0.2, -0.15) is 0 Å². The van der Waals surface area contributed by atoms with E-state index in [2.05, 4.69) is 26.6 Å². The van der Waals surface area contributed by atoms with Crippen molar-refractivity contribution in [1.82, 2.24) is 5.32 Å². The maximum Gasteiger partial charge on any atom is 0.335 e. The van der Waals surface area contributed by atoms with E-state index in [1.54, 1.807) is 36.4 Å². The van der Waals surface area contributed by atoms with Gasteiger partial charge in [0.2, 0.25) is 5.75 Å². The van der Waals surface area contributed by atoms with Crippen molar-refractivity contribution in [2.45, 2.75) is 0 Å². The molecule has 10 nitrogen and oxygen atoms in total. The minimum Gasteiger partial charge on any atom is -0.495 e. The van der Waals surface area contributed by atoms with Crippen LogP contribution in [0.15, 0.2) is 64.8 Å². The van der Waals surface area contributed by atoms with Gasteiger partial charge in [0.15, 0.2) is 11.5 Å². The lowest BCUT2D eigenvalue weighted by atomic mass is 10.1. The highest BCUT2D eigenvalue weighted by atomic mass is 79.9. The molecule has 0 unspecified atom stereocenters. The average Bonchev–Trinajstić information content (AvgIpc) is 2.91. The first-order valence-electron chi connectivity index (χ1n) is 11.0. The molecular formula is C27H25BrN2O8. The Morgan fingerprint density at radius 3 is 2.03 bits per heavy atom. The van der Waals surface area contributed by atoms with Gasteiger partial charge in [0.25, 0.3) is 11.8 Å². The van der Waals surface area contributed by atoms with Crippen LogP contribution in [0.3, 0.4) is 0 Å². The summed E-state index contributed by atoms with van der Waals surface area (Å²) in [6.45, 7) is 0. The number of rotatable bonds is 10. The van der Waals surface area contributed by atoms with Gasteiger partial charge in [0.1, 0.15) is 11.4 Å². The number of nitrogens with one attached hydrogen (secondary N) is 2. The third-order valence-corrected chi connectivity index (χ3v) is 6.00. The zero-order valence-electron chi connectivity index (χ0n) is 21.0. The van der Waals surface area contributed by atoms with Gasteiger partial charge >= 0.3 is 5.97 Å². The van der Waals surface area contributed by atoms with Crippen LogP contribution in [0.1, 0.15) is 26.3 Å². The van der Waals surface area contributed by atoms with E-state index < -0.39 is 17.8 Å². The number of carboxylic acid groups (broad SMARTS) is 1. The maximum atomic E-state index is 13.5.